The van der Waals surface area contributed by atoms with Crippen LogP contribution in [0.2, 0.25) is 0 Å². The number of rotatable bonds is 5. The summed E-state index contributed by atoms with van der Waals surface area (Å²) in [4.78, 5) is 26.1. The fourth-order valence-electron chi connectivity index (χ4n) is 3.51. The molecule has 0 aliphatic carbocycles. The van der Waals surface area contributed by atoms with Gasteiger partial charge >= 0.3 is 5.97 Å². The monoisotopic (exact) mass is 407 g/mol. The number of esters is 1. The smallest absolute Gasteiger partial charge is 0.341 e. The van der Waals surface area contributed by atoms with Gasteiger partial charge in [0, 0.05) is 15.8 Å². The van der Waals surface area contributed by atoms with Crippen molar-refractivity contribution in [2.24, 2.45) is 0 Å². The molecule has 29 heavy (non-hydrogen) atoms. The van der Waals surface area contributed by atoms with Gasteiger partial charge in [0.05, 0.1) is 24.9 Å². The summed E-state index contributed by atoms with van der Waals surface area (Å²) in [6, 6.07) is 12.0. The summed E-state index contributed by atoms with van der Waals surface area (Å²) in [6.07, 6.45) is 1.78. The van der Waals surface area contributed by atoms with Crippen molar-refractivity contribution < 1.29 is 18.7 Å². The first kappa shape index (κ1) is 19.2. The van der Waals surface area contributed by atoms with Crippen molar-refractivity contribution in [1.82, 2.24) is 0 Å². The fourth-order valence-corrected chi connectivity index (χ4v) is 4.58. The highest BCUT2D eigenvalue weighted by molar-refractivity contribution is 7.16. The molecule has 4 rings (SSSR count). The molecule has 0 bridgehead atoms. The second-order valence-corrected chi connectivity index (χ2v) is 8.08. The van der Waals surface area contributed by atoms with Gasteiger partial charge in [0.25, 0.3) is 0 Å². The SMILES string of the molecule is CCOC(=O)c1c(NC(=O)Cc2coc3ccc4ccccc4c23)sc(C)c1C. The molecule has 2 heterocycles. The number of benzene rings is 2. The molecule has 0 spiro atoms. The van der Waals surface area contributed by atoms with Gasteiger partial charge in [-0.25, -0.2) is 4.79 Å². The van der Waals surface area contributed by atoms with Gasteiger partial charge in [0.15, 0.2) is 0 Å². The number of aryl methyl sites for hydroxylation is 1. The van der Waals surface area contributed by atoms with Crippen LogP contribution < -0.4 is 5.32 Å². The number of fused-ring (bicyclic) bond motifs is 3. The Bertz CT molecular complexity index is 1230. The van der Waals surface area contributed by atoms with Crippen LogP contribution >= 0.6 is 11.3 Å². The van der Waals surface area contributed by atoms with Gasteiger partial charge in [0.2, 0.25) is 5.91 Å². The number of hydrogen-bond donors (Lipinski definition) is 1. The number of furan rings is 1. The second-order valence-electron chi connectivity index (χ2n) is 6.85. The molecule has 6 heteroatoms. The first-order valence-electron chi connectivity index (χ1n) is 9.44. The Morgan fingerprint density at radius 2 is 1.93 bits per heavy atom. The van der Waals surface area contributed by atoms with Crippen molar-refractivity contribution in [3.8, 4) is 0 Å². The first-order valence-corrected chi connectivity index (χ1v) is 10.3. The van der Waals surface area contributed by atoms with E-state index in [-0.39, 0.29) is 18.9 Å². The third kappa shape index (κ3) is 3.51. The maximum Gasteiger partial charge on any atom is 0.341 e. The zero-order chi connectivity index (χ0) is 20.5. The van der Waals surface area contributed by atoms with E-state index in [9.17, 15) is 9.59 Å². The van der Waals surface area contributed by atoms with Crippen LogP contribution in [0, 0.1) is 13.8 Å². The number of anilines is 1. The Hall–Kier alpha value is -3.12. The Morgan fingerprint density at radius 1 is 1.14 bits per heavy atom. The molecule has 0 radical (unpaired) electrons. The lowest BCUT2D eigenvalue weighted by Gasteiger charge is -2.07. The van der Waals surface area contributed by atoms with Crippen LogP contribution in [0.4, 0.5) is 5.00 Å². The minimum atomic E-state index is -0.413. The van der Waals surface area contributed by atoms with E-state index in [2.05, 4.69) is 5.32 Å². The molecule has 148 valence electrons. The van der Waals surface area contributed by atoms with Gasteiger partial charge in [-0.3, -0.25) is 4.79 Å². The molecule has 0 aliphatic heterocycles. The normalized spacial score (nSPS) is 11.1. The minimum Gasteiger partial charge on any atom is -0.464 e. The van der Waals surface area contributed by atoms with E-state index in [1.807, 2.05) is 50.2 Å². The van der Waals surface area contributed by atoms with Crippen molar-refractivity contribution in [2.45, 2.75) is 27.2 Å². The molecular formula is C23H21NO4S. The standard InChI is InChI=1S/C23H21NO4S/c1-4-27-23(26)20-13(2)14(3)29-22(20)24-19(25)11-16-12-28-18-10-9-15-7-5-6-8-17(15)21(16)18/h5-10,12H,4,11H2,1-3H3,(H,24,25). The topological polar surface area (TPSA) is 68.5 Å². The lowest BCUT2D eigenvalue weighted by molar-refractivity contribution is -0.115. The number of thiophene rings is 1. The Balaban J connectivity index is 1.64. The molecule has 0 aliphatic rings. The van der Waals surface area contributed by atoms with Crippen LogP contribution in [0.3, 0.4) is 0 Å². The minimum absolute atomic E-state index is 0.152. The van der Waals surface area contributed by atoms with E-state index in [4.69, 9.17) is 9.15 Å². The highest BCUT2D eigenvalue weighted by atomic mass is 32.1. The van der Waals surface area contributed by atoms with Gasteiger partial charge in [-0.05, 0) is 43.2 Å². The van der Waals surface area contributed by atoms with Crippen LogP contribution in [-0.4, -0.2) is 18.5 Å². The van der Waals surface area contributed by atoms with Gasteiger partial charge in [-0.15, -0.1) is 11.3 Å². The van der Waals surface area contributed by atoms with Crippen molar-refractivity contribution in [1.29, 1.82) is 0 Å². The van der Waals surface area contributed by atoms with Crippen LogP contribution in [0.1, 0.15) is 33.3 Å². The molecule has 0 unspecified atom stereocenters. The van der Waals surface area contributed by atoms with E-state index in [0.717, 1.165) is 37.7 Å². The predicted molar refractivity (Wildman–Crippen MR) is 116 cm³/mol. The largest absolute Gasteiger partial charge is 0.464 e. The van der Waals surface area contributed by atoms with Crippen molar-refractivity contribution in [3.05, 3.63) is 64.2 Å². The quantitative estimate of drug-likeness (QED) is 0.436. The molecule has 2 aromatic carbocycles. The summed E-state index contributed by atoms with van der Waals surface area (Å²) < 4.78 is 10.8. The lowest BCUT2D eigenvalue weighted by Crippen LogP contribution is -2.16. The maximum atomic E-state index is 12.8. The number of carbonyl (C=O) groups is 2. The van der Waals surface area contributed by atoms with Gasteiger partial charge < -0.3 is 14.5 Å². The van der Waals surface area contributed by atoms with Gasteiger partial charge in [0.1, 0.15) is 10.6 Å². The Labute approximate surface area is 172 Å². The molecule has 1 amide bonds. The van der Waals surface area contributed by atoms with Crippen molar-refractivity contribution in [3.63, 3.8) is 0 Å². The highest BCUT2D eigenvalue weighted by Gasteiger charge is 2.22. The first-order chi connectivity index (χ1) is 14.0. The molecule has 0 fully saturated rings. The third-order valence-electron chi connectivity index (χ3n) is 5.01. The van der Waals surface area contributed by atoms with Crippen LogP contribution in [0.15, 0.2) is 47.1 Å². The van der Waals surface area contributed by atoms with E-state index in [0.29, 0.717) is 10.6 Å². The highest BCUT2D eigenvalue weighted by Crippen LogP contribution is 2.34. The average Bonchev–Trinajstić information content (AvgIpc) is 3.23. The third-order valence-corrected chi connectivity index (χ3v) is 6.13. The van der Waals surface area contributed by atoms with Crippen LogP contribution in [0.5, 0.6) is 0 Å². The summed E-state index contributed by atoms with van der Waals surface area (Å²) in [5.74, 6) is -0.614. The molecule has 5 nitrogen and oxygen atoms in total. The summed E-state index contributed by atoms with van der Waals surface area (Å²) in [5, 5.41) is 6.52. The summed E-state index contributed by atoms with van der Waals surface area (Å²) >= 11 is 1.39. The van der Waals surface area contributed by atoms with Gasteiger partial charge in [-0.1, -0.05) is 30.3 Å². The Kier molecular flexibility index (Phi) is 5.11. The van der Waals surface area contributed by atoms with E-state index in [1.165, 1.54) is 11.3 Å². The van der Waals surface area contributed by atoms with Crippen molar-refractivity contribution in [2.75, 3.05) is 11.9 Å². The lowest BCUT2D eigenvalue weighted by atomic mass is 10.0. The Morgan fingerprint density at radius 3 is 2.72 bits per heavy atom. The van der Waals surface area contributed by atoms with Crippen LogP contribution in [0.25, 0.3) is 21.7 Å². The number of nitrogens with one attached hydrogen (secondary N) is 1. The molecule has 0 saturated heterocycles. The predicted octanol–water partition coefficient (Wildman–Crippen LogP) is 5.62. The summed E-state index contributed by atoms with van der Waals surface area (Å²) in [6.45, 7) is 5.84. The zero-order valence-corrected chi connectivity index (χ0v) is 17.3. The number of amides is 1. The number of hydrogen-bond acceptors (Lipinski definition) is 5. The second kappa shape index (κ2) is 7.72. The van der Waals surface area contributed by atoms with E-state index < -0.39 is 5.97 Å². The maximum absolute atomic E-state index is 12.8. The average molecular weight is 407 g/mol. The van der Waals surface area contributed by atoms with E-state index >= 15 is 0 Å². The molecule has 0 atom stereocenters. The van der Waals surface area contributed by atoms with E-state index in [1.54, 1.807) is 13.2 Å². The number of carbonyl (C=O) groups excluding carboxylic acids is 2. The van der Waals surface area contributed by atoms with Crippen LogP contribution in [-0.2, 0) is 16.0 Å². The fraction of sp³-hybridized carbons (Fsp3) is 0.217. The molecular weight excluding hydrogens is 386 g/mol. The molecule has 1 N–H and O–H groups in total. The number of ether oxygens (including phenoxy) is 1. The molecule has 0 saturated carbocycles. The summed E-state index contributed by atoms with van der Waals surface area (Å²) in [5.41, 5.74) is 2.84. The molecule has 4 aromatic rings. The van der Waals surface area contributed by atoms with Crippen molar-refractivity contribution >= 4 is 50.0 Å². The molecule has 2 aromatic heterocycles. The van der Waals surface area contributed by atoms with Gasteiger partial charge in [-0.2, -0.15) is 0 Å². The zero-order valence-electron chi connectivity index (χ0n) is 16.5. The summed E-state index contributed by atoms with van der Waals surface area (Å²) in [7, 11) is 0.